The van der Waals surface area contributed by atoms with Crippen LogP contribution in [-0.2, 0) is 11.3 Å². The number of aryl methyl sites for hydroxylation is 1. The van der Waals surface area contributed by atoms with Crippen LogP contribution < -0.4 is 5.56 Å². The lowest BCUT2D eigenvalue weighted by atomic mass is 10.1. The number of carbonyl (C=O) groups is 1. The van der Waals surface area contributed by atoms with Crippen molar-refractivity contribution < 1.29 is 9.53 Å². The van der Waals surface area contributed by atoms with Crippen molar-refractivity contribution in [2.24, 2.45) is 0 Å². The van der Waals surface area contributed by atoms with Gasteiger partial charge >= 0.3 is 5.97 Å². The quantitative estimate of drug-likeness (QED) is 0.677. The van der Waals surface area contributed by atoms with Crippen molar-refractivity contribution >= 4 is 28.5 Å². The van der Waals surface area contributed by atoms with Crippen LogP contribution >= 0.6 is 0 Å². The van der Waals surface area contributed by atoms with Crippen molar-refractivity contribution in [1.82, 2.24) is 9.55 Å². The average molecular weight is 332 g/mol. The molecule has 0 fully saturated rings. The molecule has 0 spiro atoms. The van der Waals surface area contributed by atoms with Crippen LogP contribution in [0.2, 0.25) is 0 Å². The molecule has 0 aliphatic carbocycles. The van der Waals surface area contributed by atoms with E-state index in [4.69, 9.17) is 4.74 Å². The average Bonchev–Trinajstić information content (AvgIpc) is 3.05. The number of hydrogen-bond acceptors (Lipinski definition) is 4. The Morgan fingerprint density at radius 1 is 1.16 bits per heavy atom. The molecule has 0 saturated heterocycles. The van der Waals surface area contributed by atoms with Crippen LogP contribution in [0.25, 0.3) is 22.6 Å². The van der Waals surface area contributed by atoms with Crippen molar-refractivity contribution in [3.05, 3.63) is 75.8 Å². The van der Waals surface area contributed by atoms with Gasteiger partial charge in [0, 0.05) is 6.54 Å². The van der Waals surface area contributed by atoms with Gasteiger partial charge in [0.1, 0.15) is 5.82 Å². The number of esters is 1. The summed E-state index contributed by atoms with van der Waals surface area (Å²) in [5.41, 5.74) is 3.21. The normalized spacial score (nSPS) is 14.7. The monoisotopic (exact) mass is 332 g/mol. The molecule has 4 rings (SSSR count). The lowest BCUT2D eigenvalue weighted by molar-refractivity contribution is 0.0600. The second kappa shape index (κ2) is 6.02. The summed E-state index contributed by atoms with van der Waals surface area (Å²) in [4.78, 5) is 28.1. The number of carbonyl (C=O) groups excluding carboxylic acids is 1. The van der Waals surface area contributed by atoms with Gasteiger partial charge < -0.3 is 9.30 Å². The van der Waals surface area contributed by atoms with Gasteiger partial charge in [-0.3, -0.25) is 4.79 Å². The molecule has 1 aliphatic heterocycles. The summed E-state index contributed by atoms with van der Waals surface area (Å²) in [5.74, 6) is 0.367. The minimum Gasteiger partial charge on any atom is -0.465 e. The second-order valence-corrected chi connectivity index (χ2v) is 5.94. The van der Waals surface area contributed by atoms with Gasteiger partial charge in [0.15, 0.2) is 0 Å². The van der Waals surface area contributed by atoms with E-state index in [2.05, 4.69) is 9.55 Å². The summed E-state index contributed by atoms with van der Waals surface area (Å²) >= 11 is 0. The zero-order valence-corrected chi connectivity index (χ0v) is 13.7. The van der Waals surface area contributed by atoms with Gasteiger partial charge in [0.2, 0.25) is 0 Å². The highest BCUT2D eigenvalue weighted by molar-refractivity contribution is 5.90. The molecule has 1 aromatic heterocycles. The molecule has 2 aromatic carbocycles. The van der Waals surface area contributed by atoms with Crippen LogP contribution in [0.5, 0.6) is 0 Å². The van der Waals surface area contributed by atoms with E-state index in [0.29, 0.717) is 10.9 Å². The molecule has 2 heterocycles. The van der Waals surface area contributed by atoms with Gasteiger partial charge in [-0.1, -0.05) is 24.3 Å². The first-order chi connectivity index (χ1) is 12.2. The lowest BCUT2D eigenvalue weighted by Crippen LogP contribution is -2.14. The predicted octanol–water partition coefficient (Wildman–Crippen LogP) is 3.13. The van der Waals surface area contributed by atoms with Crippen LogP contribution in [0.1, 0.15) is 28.2 Å². The van der Waals surface area contributed by atoms with E-state index in [0.717, 1.165) is 35.4 Å². The Morgan fingerprint density at radius 2 is 1.92 bits per heavy atom. The third-order valence-corrected chi connectivity index (χ3v) is 4.45. The van der Waals surface area contributed by atoms with Gasteiger partial charge in [0.25, 0.3) is 5.56 Å². The van der Waals surface area contributed by atoms with Gasteiger partial charge in [0.05, 0.1) is 23.6 Å². The molecule has 0 saturated carbocycles. The van der Waals surface area contributed by atoms with E-state index < -0.39 is 0 Å². The highest BCUT2D eigenvalue weighted by atomic mass is 16.5. The summed E-state index contributed by atoms with van der Waals surface area (Å²) in [7, 11) is 1.36. The maximum atomic E-state index is 12.3. The molecule has 5 nitrogen and oxygen atoms in total. The molecule has 0 radical (unpaired) electrons. The molecule has 124 valence electrons. The van der Waals surface area contributed by atoms with Crippen molar-refractivity contribution in [3.8, 4) is 0 Å². The molecule has 3 aromatic rings. The number of ether oxygens (including phenoxy) is 1. The van der Waals surface area contributed by atoms with Crippen molar-refractivity contribution in [1.29, 1.82) is 0 Å². The first kappa shape index (κ1) is 15.3. The molecule has 0 unspecified atom stereocenters. The smallest absolute Gasteiger partial charge is 0.337 e. The first-order valence-corrected chi connectivity index (χ1v) is 8.06. The number of fused-ring (bicyclic) bond motifs is 3. The van der Waals surface area contributed by atoms with Crippen molar-refractivity contribution in [2.75, 3.05) is 7.11 Å². The van der Waals surface area contributed by atoms with Gasteiger partial charge in [-0.2, -0.15) is 4.98 Å². The first-order valence-electron chi connectivity index (χ1n) is 8.06. The van der Waals surface area contributed by atoms with E-state index in [1.807, 2.05) is 42.5 Å². The molecular weight excluding hydrogens is 316 g/mol. The standard InChI is InChI=1S/C20H16N2O3/c1-25-20(24)14-8-6-13(7-9-14)12-15-10-11-22-17-5-3-2-4-16(17)19(23)21-18(15)22/h2-9,12H,10-11H2,1H3/b15-12+. The second-order valence-electron chi connectivity index (χ2n) is 5.94. The Labute approximate surface area is 144 Å². The Bertz CT molecular complexity index is 1060. The SMILES string of the molecule is COC(=O)c1ccc(/C=C2\CCn3c2nc(=O)c2ccccc23)cc1. The molecule has 0 atom stereocenters. The maximum absolute atomic E-state index is 12.3. The topological polar surface area (TPSA) is 61.2 Å². The van der Waals surface area contributed by atoms with E-state index in [1.165, 1.54) is 7.11 Å². The predicted molar refractivity (Wildman–Crippen MR) is 96.3 cm³/mol. The van der Waals surface area contributed by atoms with Crippen LogP contribution in [-0.4, -0.2) is 22.6 Å². The fourth-order valence-corrected chi connectivity index (χ4v) is 3.21. The Morgan fingerprint density at radius 3 is 2.68 bits per heavy atom. The third kappa shape index (κ3) is 2.63. The summed E-state index contributed by atoms with van der Waals surface area (Å²) in [5, 5.41) is 0.648. The highest BCUT2D eigenvalue weighted by Crippen LogP contribution is 2.29. The van der Waals surface area contributed by atoms with Crippen LogP contribution in [0, 0.1) is 0 Å². The third-order valence-electron chi connectivity index (χ3n) is 4.45. The molecule has 25 heavy (non-hydrogen) atoms. The minimum absolute atomic E-state index is 0.198. The van der Waals surface area contributed by atoms with E-state index in [9.17, 15) is 9.59 Å². The minimum atomic E-state index is -0.356. The summed E-state index contributed by atoms with van der Waals surface area (Å²) in [6.07, 6.45) is 2.83. The number of para-hydroxylation sites is 1. The number of rotatable bonds is 2. The van der Waals surface area contributed by atoms with Gasteiger partial charge in [-0.15, -0.1) is 0 Å². The number of aromatic nitrogens is 2. The van der Waals surface area contributed by atoms with Crippen molar-refractivity contribution in [3.63, 3.8) is 0 Å². The molecule has 5 heteroatoms. The van der Waals surface area contributed by atoms with Crippen molar-refractivity contribution in [2.45, 2.75) is 13.0 Å². The Hall–Kier alpha value is -3.21. The molecule has 0 amide bonds. The number of methoxy groups -OCH3 is 1. The maximum Gasteiger partial charge on any atom is 0.337 e. The van der Waals surface area contributed by atoms with E-state index in [1.54, 1.807) is 12.1 Å². The molecule has 0 N–H and O–H groups in total. The molecular formula is C20H16N2O3. The van der Waals surface area contributed by atoms with Crippen LogP contribution in [0.3, 0.4) is 0 Å². The highest BCUT2D eigenvalue weighted by Gasteiger charge is 2.20. The van der Waals surface area contributed by atoms with Crippen LogP contribution in [0.15, 0.2) is 53.3 Å². The zero-order chi connectivity index (χ0) is 17.4. The Balaban J connectivity index is 1.76. The van der Waals surface area contributed by atoms with E-state index >= 15 is 0 Å². The number of benzene rings is 2. The number of nitrogens with zero attached hydrogens (tertiary/aromatic N) is 2. The molecule has 1 aliphatic rings. The van der Waals surface area contributed by atoms with Gasteiger partial charge in [-0.25, -0.2) is 4.79 Å². The summed E-state index contributed by atoms with van der Waals surface area (Å²) < 4.78 is 6.80. The lowest BCUT2D eigenvalue weighted by Gasteiger charge is -2.07. The van der Waals surface area contributed by atoms with Crippen LogP contribution in [0.4, 0.5) is 0 Å². The summed E-state index contributed by atoms with van der Waals surface area (Å²) in [6, 6.07) is 14.7. The zero-order valence-electron chi connectivity index (χ0n) is 13.7. The largest absolute Gasteiger partial charge is 0.465 e. The summed E-state index contributed by atoms with van der Waals surface area (Å²) in [6.45, 7) is 0.801. The Kier molecular flexibility index (Phi) is 3.69. The van der Waals surface area contributed by atoms with E-state index in [-0.39, 0.29) is 11.5 Å². The fraction of sp³-hybridized carbons (Fsp3) is 0.150. The molecule has 0 bridgehead atoms. The number of allylic oxidation sites excluding steroid dienone is 1. The number of hydrogen-bond donors (Lipinski definition) is 0. The fourth-order valence-electron chi connectivity index (χ4n) is 3.21. The van der Waals surface area contributed by atoms with Gasteiger partial charge in [-0.05, 0) is 47.9 Å².